The van der Waals surface area contributed by atoms with Crippen molar-refractivity contribution in [3.63, 3.8) is 0 Å². The number of nitrogens with one attached hydrogen (secondary N) is 1. The molecule has 2 aromatic carbocycles. The molecule has 0 spiro atoms. The molecular weight excluding hydrogens is 341 g/mol. The minimum atomic E-state index is -1.31. The van der Waals surface area contributed by atoms with Crippen LogP contribution in [-0.4, -0.2) is 17.0 Å². The maximum absolute atomic E-state index is 13.1. The fourth-order valence-corrected chi connectivity index (χ4v) is 2.26. The molecule has 6 heteroatoms. The molecule has 0 heterocycles. The molecule has 21 heavy (non-hydrogen) atoms. The van der Waals surface area contributed by atoms with E-state index in [4.69, 9.17) is 5.11 Å². The van der Waals surface area contributed by atoms with Crippen LogP contribution in [0, 0.1) is 12.7 Å². The Labute approximate surface area is 128 Å². The standard InChI is InChI=1S/C15H11BrFNO3/c1-8-3-2-4-10(13(8)16)14(19)18-12-6-5-9(17)7-11(12)15(20)21/h2-7H,1H3,(H,18,19)(H,20,21). The van der Waals surface area contributed by atoms with E-state index in [1.807, 2.05) is 13.0 Å². The maximum atomic E-state index is 13.1. The van der Waals surface area contributed by atoms with Crippen molar-refractivity contribution in [1.82, 2.24) is 0 Å². The van der Waals surface area contributed by atoms with E-state index in [-0.39, 0.29) is 11.3 Å². The first-order valence-electron chi connectivity index (χ1n) is 5.99. The first-order chi connectivity index (χ1) is 9.90. The van der Waals surface area contributed by atoms with Crippen LogP contribution in [0.15, 0.2) is 40.9 Å². The minimum absolute atomic E-state index is 0.0438. The number of aromatic carboxylic acids is 1. The van der Waals surface area contributed by atoms with Gasteiger partial charge in [-0.05, 0) is 52.7 Å². The third-order valence-corrected chi connectivity index (χ3v) is 3.95. The fourth-order valence-electron chi connectivity index (χ4n) is 1.81. The van der Waals surface area contributed by atoms with E-state index < -0.39 is 17.7 Å². The Bertz CT molecular complexity index is 731. The van der Waals surface area contributed by atoms with E-state index in [0.29, 0.717) is 10.0 Å². The van der Waals surface area contributed by atoms with Crippen LogP contribution in [0.2, 0.25) is 0 Å². The second kappa shape index (κ2) is 6.05. The van der Waals surface area contributed by atoms with Gasteiger partial charge in [-0.2, -0.15) is 0 Å². The molecule has 0 saturated carbocycles. The summed E-state index contributed by atoms with van der Waals surface area (Å²) in [6.45, 7) is 1.83. The first-order valence-corrected chi connectivity index (χ1v) is 6.78. The van der Waals surface area contributed by atoms with Crippen molar-refractivity contribution in [2.45, 2.75) is 6.92 Å². The lowest BCUT2D eigenvalue weighted by molar-refractivity contribution is 0.0697. The predicted octanol–water partition coefficient (Wildman–Crippen LogP) is 3.85. The number of aryl methyl sites for hydroxylation is 1. The second-order valence-electron chi connectivity index (χ2n) is 4.39. The molecule has 2 aromatic rings. The Morgan fingerprint density at radius 3 is 2.57 bits per heavy atom. The SMILES string of the molecule is Cc1cccc(C(=O)Nc2ccc(F)cc2C(=O)O)c1Br. The summed E-state index contributed by atoms with van der Waals surface area (Å²) in [5.74, 6) is -2.46. The highest BCUT2D eigenvalue weighted by atomic mass is 79.9. The lowest BCUT2D eigenvalue weighted by atomic mass is 10.1. The molecule has 4 nitrogen and oxygen atoms in total. The fraction of sp³-hybridized carbons (Fsp3) is 0.0667. The van der Waals surface area contributed by atoms with Crippen molar-refractivity contribution >= 4 is 33.5 Å². The van der Waals surface area contributed by atoms with Crippen molar-refractivity contribution in [1.29, 1.82) is 0 Å². The molecule has 0 aromatic heterocycles. The average Bonchev–Trinajstić information content (AvgIpc) is 2.43. The Hall–Kier alpha value is -2.21. The van der Waals surface area contributed by atoms with Crippen molar-refractivity contribution in [2.24, 2.45) is 0 Å². The summed E-state index contributed by atoms with van der Waals surface area (Å²) in [6, 6.07) is 8.34. The number of halogens is 2. The number of carboxylic acids is 1. The van der Waals surface area contributed by atoms with Crippen molar-refractivity contribution in [3.8, 4) is 0 Å². The molecule has 0 radical (unpaired) electrons. The van der Waals surface area contributed by atoms with Gasteiger partial charge in [0.2, 0.25) is 0 Å². The molecule has 108 valence electrons. The lowest BCUT2D eigenvalue weighted by Crippen LogP contribution is -2.15. The third-order valence-electron chi connectivity index (χ3n) is 2.90. The van der Waals surface area contributed by atoms with Crippen LogP contribution >= 0.6 is 15.9 Å². The van der Waals surface area contributed by atoms with Gasteiger partial charge in [0.05, 0.1) is 16.8 Å². The van der Waals surface area contributed by atoms with Crippen molar-refractivity contribution < 1.29 is 19.1 Å². The summed E-state index contributed by atoms with van der Waals surface area (Å²) in [4.78, 5) is 23.3. The molecule has 0 saturated heterocycles. The molecule has 2 rings (SSSR count). The Kier molecular flexibility index (Phi) is 4.37. The molecule has 1 amide bonds. The number of rotatable bonds is 3. The second-order valence-corrected chi connectivity index (χ2v) is 5.18. The average molecular weight is 352 g/mol. The molecule has 0 unspecified atom stereocenters. The van der Waals surface area contributed by atoms with Gasteiger partial charge in [0.1, 0.15) is 5.82 Å². The number of amides is 1. The third kappa shape index (κ3) is 3.28. The molecule has 0 aliphatic rings. The number of benzene rings is 2. The van der Waals surface area contributed by atoms with E-state index in [1.54, 1.807) is 12.1 Å². The van der Waals surface area contributed by atoms with Gasteiger partial charge in [0.25, 0.3) is 5.91 Å². The Morgan fingerprint density at radius 2 is 1.90 bits per heavy atom. The zero-order valence-corrected chi connectivity index (χ0v) is 12.6. The van der Waals surface area contributed by atoms with Crippen molar-refractivity contribution in [2.75, 3.05) is 5.32 Å². The van der Waals surface area contributed by atoms with Crippen LogP contribution in [-0.2, 0) is 0 Å². The molecule has 0 bridgehead atoms. The van der Waals surface area contributed by atoms with Gasteiger partial charge in [-0.3, -0.25) is 4.79 Å². The van der Waals surface area contributed by atoms with Gasteiger partial charge in [-0.15, -0.1) is 0 Å². The molecule has 0 aliphatic carbocycles. The molecule has 0 fully saturated rings. The number of hydrogen-bond donors (Lipinski definition) is 2. The summed E-state index contributed by atoms with van der Waals surface area (Å²) < 4.78 is 13.7. The van der Waals surface area contributed by atoms with E-state index in [1.165, 1.54) is 6.07 Å². The molecule has 0 aliphatic heterocycles. The monoisotopic (exact) mass is 351 g/mol. The van der Waals surface area contributed by atoms with Gasteiger partial charge in [0.15, 0.2) is 0 Å². The van der Waals surface area contributed by atoms with Crippen LogP contribution in [0.1, 0.15) is 26.3 Å². The summed E-state index contributed by atoms with van der Waals surface area (Å²) in [6.07, 6.45) is 0. The van der Waals surface area contributed by atoms with E-state index in [0.717, 1.165) is 17.7 Å². The number of carbonyl (C=O) groups is 2. The van der Waals surface area contributed by atoms with Gasteiger partial charge in [-0.1, -0.05) is 12.1 Å². The molecular formula is C15H11BrFNO3. The summed E-state index contributed by atoms with van der Waals surface area (Å²) in [5.41, 5.74) is 0.991. The highest BCUT2D eigenvalue weighted by Crippen LogP contribution is 2.23. The van der Waals surface area contributed by atoms with Crippen molar-refractivity contribution in [3.05, 3.63) is 63.4 Å². The topological polar surface area (TPSA) is 66.4 Å². The van der Waals surface area contributed by atoms with E-state index in [2.05, 4.69) is 21.2 Å². The van der Waals surface area contributed by atoms with Crippen LogP contribution in [0.4, 0.5) is 10.1 Å². The van der Waals surface area contributed by atoms with E-state index in [9.17, 15) is 14.0 Å². The van der Waals surface area contributed by atoms with Gasteiger partial charge in [0, 0.05) is 4.47 Å². The Balaban J connectivity index is 2.36. The van der Waals surface area contributed by atoms with Crippen LogP contribution in [0.25, 0.3) is 0 Å². The minimum Gasteiger partial charge on any atom is -0.478 e. The highest BCUT2D eigenvalue weighted by molar-refractivity contribution is 9.10. The molecule has 2 N–H and O–H groups in total. The zero-order valence-electron chi connectivity index (χ0n) is 11.0. The van der Waals surface area contributed by atoms with Crippen LogP contribution < -0.4 is 5.32 Å². The quantitative estimate of drug-likeness (QED) is 0.882. The van der Waals surface area contributed by atoms with Gasteiger partial charge < -0.3 is 10.4 Å². The first kappa shape index (κ1) is 15.2. The lowest BCUT2D eigenvalue weighted by Gasteiger charge is -2.10. The highest BCUT2D eigenvalue weighted by Gasteiger charge is 2.16. The van der Waals surface area contributed by atoms with Crippen LogP contribution in [0.3, 0.4) is 0 Å². The number of anilines is 1. The van der Waals surface area contributed by atoms with Gasteiger partial charge >= 0.3 is 5.97 Å². The molecule has 0 atom stereocenters. The maximum Gasteiger partial charge on any atom is 0.337 e. The van der Waals surface area contributed by atoms with Crippen LogP contribution in [0.5, 0.6) is 0 Å². The number of carbonyl (C=O) groups excluding carboxylic acids is 1. The summed E-state index contributed by atoms with van der Waals surface area (Å²) in [7, 11) is 0. The summed E-state index contributed by atoms with van der Waals surface area (Å²) >= 11 is 3.32. The zero-order chi connectivity index (χ0) is 15.6. The van der Waals surface area contributed by atoms with E-state index >= 15 is 0 Å². The number of carboxylic acid groups (broad SMARTS) is 1. The smallest absolute Gasteiger partial charge is 0.337 e. The number of hydrogen-bond acceptors (Lipinski definition) is 2. The Morgan fingerprint density at radius 1 is 1.19 bits per heavy atom. The predicted molar refractivity (Wildman–Crippen MR) is 80.2 cm³/mol. The normalized spacial score (nSPS) is 10.2. The van der Waals surface area contributed by atoms with Gasteiger partial charge in [-0.25, -0.2) is 9.18 Å². The largest absolute Gasteiger partial charge is 0.478 e. The summed E-state index contributed by atoms with van der Waals surface area (Å²) in [5, 5.41) is 11.5.